The lowest BCUT2D eigenvalue weighted by molar-refractivity contribution is -0.121. The summed E-state index contributed by atoms with van der Waals surface area (Å²) in [6.45, 7) is 0. The topological polar surface area (TPSA) is 96.1 Å². The summed E-state index contributed by atoms with van der Waals surface area (Å²) >= 11 is 0. The molecule has 36 heavy (non-hydrogen) atoms. The molecule has 7 heteroatoms. The van der Waals surface area contributed by atoms with Crippen LogP contribution in [-0.2, 0) is 11.2 Å². The highest BCUT2D eigenvalue weighted by Crippen LogP contribution is 2.31. The summed E-state index contributed by atoms with van der Waals surface area (Å²) in [5.74, 6) is 0.0282. The molecule has 2 heterocycles. The molecule has 5 aromatic rings. The molecule has 0 saturated heterocycles. The minimum Gasteiger partial charge on any atom is -0.497 e. The number of hydrazine groups is 1. The van der Waals surface area contributed by atoms with Crippen LogP contribution in [0.1, 0.15) is 28.8 Å². The molecule has 0 aliphatic heterocycles. The van der Waals surface area contributed by atoms with Crippen molar-refractivity contribution < 1.29 is 14.3 Å². The SMILES string of the molecule is COc1ccc(C(=O)NNC(=O)CCCc2c(-c3ccc4ccccc4n3)[nH]c3ccccc23)cc1. The Bertz CT molecular complexity index is 1540. The van der Waals surface area contributed by atoms with Crippen LogP contribution in [0, 0.1) is 0 Å². The van der Waals surface area contributed by atoms with E-state index in [0.717, 1.165) is 38.8 Å². The van der Waals surface area contributed by atoms with E-state index in [-0.39, 0.29) is 18.2 Å². The zero-order valence-corrected chi connectivity index (χ0v) is 19.9. The summed E-state index contributed by atoms with van der Waals surface area (Å²) in [5, 5.41) is 2.21. The van der Waals surface area contributed by atoms with Crippen LogP contribution in [0.25, 0.3) is 33.2 Å². The van der Waals surface area contributed by atoms with Crippen LogP contribution >= 0.6 is 0 Å². The number of rotatable bonds is 7. The van der Waals surface area contributed by atoms with Crippen molar-refractivity contribution in [1.29, 1.82) is 0 Å². The van der Waals surface area contributed by atoms with Crippen molar-refractivity contribution in [3.05, 3.63) is 96.1 Å². The Morgan fingerprint density at radius 1 is 0.889 bits per heavy atom. The van der Waals surface area contributed by atoms with Crippen molar-refractivity contribution in [2.75, 3.05) is 7.11 Å². The van der Waals surface area contributed by atoms with Crippen LogP contribution in [0.3, 0.4) is 0 Å². The van der Waals surface area contributed by atoms with E-state index in [9.17, 15) is 9.59 Å². The van der Waals surface area contributed by atoms with Crippen LogP contribution in [-0.4, -0.2) is 28.9 Å². The fourth-order valence-electron chi connectivity index (χ4n) is 4.31. The number of benzene rings is 3. The Labute approximate surface area is 208 Å². The molecule has 3 N–H and O–H groups in total. The Hall–Kier alpha value is -4.65. The van der Waals surface area contributed by atoms with Gasteiger partial charge in [0.25, 0.3) is 5.91 Å². The lowest BCUT2D eigenvalue weighted by Gasteiger charge is -2.09. The van der Waals surface area contributed by atoms with E-state index < -0.39 is 0 Å². The standard InChI is InChI=1S/C29H26N4O3/c1-36-21-16-13-20(14-17-21)29(35)33-32-27(34)12-6-9-23-22-8-3-5-11-25(22)31-28(23)26-18-15-19-7-2-4-10-24(19)30-26/h2-5,7-8,10-11,13-18,31H,6,9,12H2,1H3,(H,32,34)(H,33,35). The lowest BCUT2D eigenvalue weighted by atomic mass is 10.0. The van der Waals surface area contributed by atoms with Gasteiger partial charge in [0, 0.05) is 28.3 Å². The number of nitrogens with zero attached hydrogens (tertiary/aromatic N) is 1. The van der Waals surface area contributed by atoms with E-state index >= 15 is 0 Å². The number of para-hydroxylation sites is 2. The molecule has 0 fully saturated rings. The molecule has 3 aromatic carbocycles. The summed E-state index contributed by atoms with van der Waals surface area (Å²) in [7, 11) is 1.56. The lowest BCUT2D eigenvalue weighted by Crippen LogP contribution is -2.41. The summed E-state index contributed by atoms with van der Waals surface area (Å²) in [5.41, 5.74) is 10.3. The highest BCUT2D eigenvalue weighted by Gasteiger charge is 2.15. The van der Waals surface area contributed by atoms with Gasteiger partial charge in [0.05, 0.1) is 24.0 Å². The maximum Gasteiger partial charge on any atom is 0.269 e. The molecular weight excluding hydrogens is 452 g/mol. The second kappa shape index (κ2) is 10.3. The molecular formula is C29H26N4O3. The molecule has 0 atom stereocenters. The fourth-order valence-corrected chi connectivity index (χ4v) is 4.31. The molecule has 2 amide bonds. The molecule has 2 aromatic heterocycles. The van der Waals surface area contributed by atoms with E-state index in [2.05, 4.69) is 28.0 Å². The molecule has 0 unspecified atom stereocenters. The number of aromatic nitrogens is 2. The third-order valence-corrected chi connectivity index (χ3v) is 6.17. The predicted octanol–water partition coefficient (Wildman–Crippen LogP) is 5.18. The van der Waals surface area contributed by atoms with Crippen LogP contribution in [0.2, 0.25) is 0 Å². The maximum absolute atomic E-state index is 12.4. The monoisotopic (exact) mass is 478 g/mol. The van der Waals surface area contributed by atoms with Gasteiger partial charge in [-0.1, -0.05) is 42.5 Å². The quantitative estimate of drug-likeness (QED) is 0.281. The maximum atomic E-state index is 12.4. The number of H-pyrrole nitrogens is 1. The number of ether oxygens (including phenoxy) is 1. The second-order valence-corrected chi connectivity index (χ2v) is 8.50. The van der Waals surface area contributed by atoms with E-state index in [4.69, 9.17) is 9.72 Å². The first-order chi connectivity index (χ1) is 17.6. The average molecular weight is 479 g/mol. The number of aromatic amines is 1. The first-order valence-electron chi connectivity index (χ1n) is 11.8. The fraction of sp³-hybridized carbons (Fsp3) is 0.138. The summed E-state index contributed by atoms with van der Waals surface area (Å²) in [6.07, 6.45) is 1.58. The average Bonchev–Trinajstić information content (AvgIpc) is 3.30. The molecule has 0 bridgehead atoms. The minimum absolute atomic E-state index is 0.248. The number of methoxy groups -OCH3 is 1. The van der Waals surface area contributed by atoms with Gasteiger partial charge in [0.2, 0.25) is 5.91 Å². The summed E-state index contributed by atoms with van der Waals surface area (Å²) < 4.78 is 5.10. The van der Waals surface area contributed by atoms with Crippen LogP contribution in [0.15, 0.2) is 84.9 Å². The van der Waals surface area contributed by atoms with Gasteiger partial charge in [-0.05, 0) is 60.9 Å². The number of nitrogens with one attached hydrogen (secondary N) is 3. The Kier molecular flexibility index (Phi) is 6.62. The van der Waals surface area contributed by atoms with Crippen LogP contribution in [0.5, 0.6) is 5.75 Å². The van der Waals surface area contributed by atoms with E-state index in [1.807, 2.05) is 48.5 Å². The van der Waals surface area contributed by atoms with Crippen molar-refractivity contribution in [2.24, 2.45) is 0 Å². The number of amides is 2. The van der Waals surface area contributed by atoms with Crippen molar-refractivity contribution in [3.63, 3.8) is 0 Å². The number of pyridine rings is 1. The van der Waals surface area contributed by atoms with Crippen molar-refractivity contribution in [3.8, 4) is 17.1 Å². The smallest absolute Gasteiger partial charge is 0.269 e. The molecule has 0 aliphatic rings. The van der Waals surface area contributed by atoms with Gasteiger partial charge in [0.1, 0.15) is 5.75 Å². The van der Waals surface area contributed by atoms with Crippen molar-refractivity contribution >= 4 is 33.6 Å². The van der Waals surface area contributed by atoms with Crippen molar-refractivity contribution in [1.82, 2.24) is 20.8 Å². The number of fused-ring (bicyclic) bond motifs is 2. The van der Waals surface area contributed by atoms with E-state index in [1.165, 1.54) is 0 Å². The van der Waals surface area contributed by atoms with Crippen molar-refractivity contribution in [2.45, 2.75) is 19.3 Å². The number of carbonyl (C=O) groups excluding carboxylic acids is 2. The van der Waals surface area contributed by atoms with Crippen LogP contribution < -0.4 is 15.6 Å². The third-order valence-electron chi connectivity index (χ3n) is 6.17. The Balaban J connectivity index is 1.26. The number of hydrogen-bond acceptors (Lipinski definition) is 4. The zero-order valence-electron chi connectivity index (χ0n) is 19.9. The molecule has 7 nitrogen and oxygen atoms in total. The van der Waals surface area contributed by atoms with Crippen LogP contribution in [0.4, 0.5) is 0 Å². The molecule has 5 rings (SSSR count). The predicted molar refractivity (Wildman–Crippen MR) is 141 cm³/mol. The van der Waals surface area contributed by atoms with E-state index in [0.29, 0.717) is 24.2 Å². The van der Waals surface area contributed by atoms with Gasteiger partial charge in [-0.3, -0.25) is 20.4 Å². The number of carbonyl (C=O) groups is 2. The van der Waals surface area contributed by atoms with Gasteiger partial charge in [-0.2, -0.15) is 0 Å². The largest absolute Gasteiger partial charge is 0.497 e. The normalized spacial score (nSPS) is 10.9. The van der Waals surface area contributed by atoms with Gasteiger partial charge in [-0.15, -0.1) is 0 Å². The van der Waals surface area contributed by atoms with Gasteiger partial charge >= 0.3 is 0 Å². The molecule has 0 aliphatic carbocycles. The first-order valence-corrected chi connectivity index (χ1v) is 11.8. The molecule has 0 spiro atoms. The first kappa shape index (κ1) is 23.1. The molecule has 180 valence electrons. The van der Waals surface area contributed by atoms with Gasteiger partial charge in [-0.25, -0.2) is 4.98 Å². The molecule has 0 radical (unpaired) electrons. The Morgan fingerprint density at radius 2 is 1.67 bits per heavy atom. The molecule has 0 saturated carbocycles. The Morgan fingerprint density at radius 3 is 2.50 bits per heavy atom. The second-order valence-electron chi connectivity index (χ2n) is 8.50. The third kappa shape index (κ3) is 4.90. The van der Waals surface area contributed by atoms with Gasteiger partial charge < -0.3 is 9.72 Å². The highest BCUT2D eigenvalue weighted by molar-refractivity contribution is 5.95. The highest BCUT2D eigenvalue weighted by atomic mass is 16.5. The van der Waals surface area contributed by atoms with Gasteiger partial charge in [0.15, 0.2) is 0 Å². The van der Waals surface area contributed by atoms with E-state index in [1.54, 1.807) is 31.4 Å². The summed E-state index contributed by atoms with van der Waals surface area (Å²) in [6, 6.07) is 26.9. The summed E-state index contributed by atoms with van der Waals surface area (Å²) in [4.78, 5) is 33.1. The number of hydrogen-bond donors (Lipinski definition) is 3. The zero-order chi connectivity index (χ0) is 24.9. The minimum atomic E-state index is -0.382. The number of aryl methyl sites for hydroxylation is 1.